The van der Waals surface area contributed by atoms with Crippen molar-refractivity contribution in [1.82, 2.24) is 25.8 Å². The van der Waals surface area contributed by atoms with Gasteiger partial charge in [0.25, 0.3) is 0 Å². The Labute approximate surface area is 180 Å². The molecule has 0 aliphatic carbocycles. The van der Waals surface area contributed by atoms with Gasteiger partial charge in [0, 0.05) is 26.1 Å². The van der Waals surface area contributed by atoms with Gasteiger partial charge in [0.15, 0.2) is 11.7 Å². The van der Waals surface area contributed by atoms with Gasteiger partial charge in [0.05, 0.1) is 6.26 Å². The van der Waals surface area contributed by atoms with E-state index in [-0.39, 0.29) is 29.8 Å². The molecule has 28 heavy (non-hydrogen) atoms. The molecule has 3 N–H and O–H groups in total. The molecule has 0 unspecified atom stereocenters. The lowest BCUT2D eigenvalue weighted by molar-refractivity contribution is 0.577. The van der Waals surface area contributed by atoms with E-state index in [9.17, 15) is 4.39 Å². The molecule has 3 rings (SSSR count). The van der Waals surface area contributed by atoms with Crippen LogP contribution in [-0.4, -0.2) is 40.8 Å². The molecule has 0 spiro atoms. The van der Waals surface area contributed by atoms with Crippen LogP contribution in [0.1, 0.15) is 18.3 Å². The van der Waals surface area contributed by atoms with Crippen molar-refractivity contribution in [2.75, 3.05) is 19.6 Å². The Hall–Kier alpha value is -2.43. The average molecular weight is 498 g/mol. The van der Waals surface area contributed by atoms with Gasteiger partial charge in [-0.05, 0) is 37.1 Å². The zero-order chi connectivity index (χ0) is 18.9. The van der Waals surface area contributed by atoms with Crippen LogP contribution < -0.4 is 10.6 Å². The molecule has 3 aromatic rings. The maximum absolute atomic E-state index is 13.7. The summed E-state index contributed by atoms with van der Waals surface area (Å²) in [5, 5.41) is 13.4. The molecule has 0 aliphatic heterocycles. The number of hydrogen-bond acceptors (Lipinski definition) is 4. The third kappa shape index (κ3) is 6.32. The highest BCUT2D eigenvalue weighted by Gasteiger charge is 2.08. The maximum atomic E-state index is 13.7. The second kappa shape index (κ2) is 11.4. The summed E-state index contributed by atoms with van der Waals surface area (Å²) in [5.41, 5.74) is 0.688. The van der Waals surface area contributed by atoms with Gasteiger partial charge < -0.3 is 15.1 Å². The van der Waals surface area contributed by atoms with Crippen LogP contribution in [0.3, 0.4) is 0 Å². The van der Waals surface area contributed by atoms with Crippen molar-refractivity contribution in [3.8, 4) is 11.6 Å². The van der Waals surface area contributed by atoms with Gasteiger partial charge in [-0.25, -0.2) is 9.37 Å². The van der Waals surface area contributed by atoms with Crippen molar-refractivity contribution < 1.29 is 8.81 Å². The van der Waals surface area contributed by atoms with E-state index in [2.05, 4.69) is 30.8 Å². The molecule has 0 aliphatic rings. The number of hydrogen-bond donors (Lipinski definition) is 3. The second-order valence-electron chi connectivity index (χ2n) is 5.86. The number of halogens is 2. The van der Waals surface area contributed by atoms with E-state index in [4.69, 9.17) is 4.42 Å². The predicted molar refractivity (Wildman–Crippen MR) is 117 cm³/mol. The van der Waals surface area contributed by atoms with E-state index in [1.165, 1.54) is 6.07 Å². The fourth-order valence-corrected chi connectivity index (χ4v) is 2.56. The fraction of sp³-hybridized carbons (Fsp3) is 0.316. The highest BCUT2D eigenvalue weighted by molar-refractivity contribution is 14.0. The first kappa shape index (κ1) is 21.9. The summed E-state index contributed by atoms with van der Waals surface area (Å²) in [6.45, 7) is 3.89. The van der Waals surface area contributed by atoms with Gasteiger partial charge in [0.2, 0.25) is 5.82 Å². The van der Waals surface area contributed by atoms with Gasteiger partial charge in [-0.15, -0.1) is 24.0 Å². The summed E-state index contributed by atoms with van der Waals surface area (Å²) in [4.78, 5) is 8.92. The van der Waals surface area contributed by atoms with Crippen molar-refractivity contribution in [2.45, 2.75) is 19.8 Å². The van der Waals surface area contributed by atoms with Crippen molar-refractivity contribution in [2.24, 2.45) is 4.99 Å². The van der Waals surface area contributed by atoms with Crippen LogP contribution in [0.4, 0.5) is 4.39 Å². The molecule has 0 amide bonds. The Morgan fingerprint density at radius 2 is 2.04 bits per heavy atom. The van der Waals surface area contributed by atoms with Crippen molar-refractivity contribution in [3.05, 3.63) is 59.9 Å². The van der Waals surface area contributed by atoms with E-state index in [1.54, 1.807) is 24.5 Å². The maximum Gasteiger partial charge on any atom is 0.216 e. The topological polar surface area (TPSA) is 91.1 Å². The average Bonchev–Trinajstić information content (AvgIpc) is 3.35. The molecule has 0 saturated heterocycles. The van der Waals surface area contributed by atoms with E-state index < -0.39 is 0 Å². The largest absolute Gasteiger partial charge is 0.461 e. The van der Waals surface area contributed by atoms with Crippen molar-refractivity contribution in [3.63, 3.8) is 0 Å². The number of aromatic nitrogens is 3. The van der Waals surface area contributed by atoms with Gasteiger partial charge in [-0.2, -0.15) is 5.10 Å². The molecular formula is C19H24FIN6O. The third-order valence-electron chi connectivity index (χ3n) is 3.88. The normalized spacial score (nSPS) is 11.1. The van der Waals surface area contributed by atoms with Crippen molar-refractivity contribution >= 4 is 29.9 Å². The first-order valence-corrected chi connectivity index (χ1v) is 8.97. The summed E-state index contributed by atoms with van der Waals surface area (Å²) in [7, 11) is 0. The molecule has 9 heteroatoms. The summed E-state index contributed by atoms with van der Waals surface area (Å²) in [6.07, 6.45) is 2.80. The van der Waals surface area contributed by atoms with E-state index in [1.807, 2.05) is 19.1 Å². The van der Waals surface area contributed by atoms with E-state index >= 15 is 0 Å². The van der Waals surface area contributed by atoms with Crippen LogP contribution in [0.25, 0.3) is 11.6 Å². The van der Waals surface area contributed by atoms with E-state index in [0.29, 0.717) is 49.0 Å². The molecule has 0 bridgehead atoms. The first-order chi connectivity index (χ1) is 13.3. The quantitative estimate of drug-likeness (QED) is 0.252. The summed E-state index contributed by atoms with van der Waals surface area (Å²) in [6, 6.07) is 10.4. The molecule has 7 nitrogen and oxygen atoms in total. The number of nitrogens with one attached hydrogen (secondary N) is 3. The van der Waals surface area contributed by atoms with Gasteiger partial charge in [-0.1, -0.05) is 18.2 Å². The minimum atomic E-state index is -0.182. The SMILES string of the molecule is CCNC(=NCCc1nc(-c2ccco2)n[nH]1)NCCc1ccccc1F.I. The first-order valence-electron chi connectivity index (χ1n) is 8.97. The molecule has 2 aromatic heterocycles. The summed E-state index contributed by atoms with van der Waals surface area (Å²) in [5.74, 6) is 2.42. The number of nitrogens with zero attached hydrogens (tertiary/aromatic N) is 3. The molecule has 0 atom stereocenters. The fourth-order valence-electron chi connectivity index (χ4n) is 2.56. The Morgan fingerprint density at radius 1 is 1.18 bits per heavy atom. The molecular weight excluding hydrogens is 474 g/mol. The lowest BCUT2D eigenvalue weighted by atomic mass is 10.1. The van der Waals surface area contributed by atoms with Gasteiger partial charge in [0.1, 0.15) is 11.6 Å². The van der Waals surface area contributed by atoms with Gasteiger partial charge in [-0.3, -0.25) is 10.1 Å². The van der Waals surface area contributed by atoms with Crippen LogP contribution in [0.5, 0.6) is 0 Å². The standard InChI is InChI=1S/C19H23FN6O.HI/c1-2-21-19(22-11-9-14-6-3-4-7-15(14)20)23-12-10-17-24-18(26-25-17)16-8-5-13-27-16;/h3-8,13H,2,9-12H2,1H3,(H2,21,22,23)(H,24,25,26);1H. The molecule has 0 saturated carbocycles. The molecule has 1 aromatic carbocycles. The number of aliphatic imine (C=N–C) groups is 1. The number of benzene rings is 1. The van der Waals surface area contributed by atoms with Crippen LogP contribution in [-0.2, 0) is 12.8 Å². The van der Waals surface area contributed by atoms with Crippen LogP contribution >= 0.6 is 24.0 Å². The highest BCUT2D eigenvalue weighted by Crippen LogP contribution is 2.14. The summed E-state index contributed by atoms with van der Waals surface area (Å²) < 4.78 is 18.9. The number of guanidine groups is 1. The Kier molecular flexibility index (Phi) is 8.92. The molecule has 150 valence electrons. The molecule has 2 heterocycles. The van der Waals surface area contributed by atoms with Crippen molar-refractivity contribution in [1.29, 1.82) is 0 Å². The van der Waals surface area contributed by atoms with Crippen LogP contribution in [0.15, 0.2) is 52.1 Å². The third-order valence-corrected chi connectivity index (χ3v) is 3.88. The zero-order valence-electron chi connectivity index (χ0n) is 15.6. The Bertz CT molecular complexity index is 865. The number of rotatable bonds is 8. The smallest absolute Gasteiger partial charge is 0.216 e. The lowest BCUT2D eigenvalue weighted by Crippen LogP contribution is -2.38. The van der Waals surface area contributed by atoms with Gasteiger partial charge >= 0.3 is 0 Å². The second-order valence-corrected chi connectivity index (χ2v) is 5.86. The van der Waals surface area contributed by atoms with Crippen LogP contribution in [0.2, 0.25) is 0 Å². The van der Waals surface area contributed by atoms with E-state index in [0.717, 1.165) is 12.4 Å². The Morgan fingerprint density at radius 3 is 2.79 bits per heavy atom. The van der Waals surface area contributed by atoms with Crippen LogP contribution in [0, 0.1) is 5.82 Å². The predicted octanol–water partition coefficient (Wildman–Crippen LogP) is 3.16. The minimum Gasteiger partial charge on any atom is -0.461 e. The lowest BCUT2D eigenvalue weighted by Gasteiger charge is -2.11. The molecule has 0 radical (unpaired) electrons. The Balaban J connectivity index is 0.00000280. The number of aromatic amines is 1. The number of H-pyrrole nitrogens is 1. The summed E-state index contributed by atoms with van der Waals surface area (Å²) >= 11 is 0. The minimum absolute atomic E-state index is 0. The highest BCUT2D eigenvalue weighted by atomic mass is 127. The zero-order valence-corrected chi connectivity index (χ0v) is 17.9. The number of furan rings is 1. The monoisotopic (exact) mass is 498 g/mol. The molecule has 0 fully saturated rings.